The summed E-state index contributed by atoms with van der Waals surface area (Å²) in [4.78, 5) is 0.675. The van der Waals surface area contributed by atoms with Crippen LogP contribution in [-0.4, -0.2) is 24.5 Å². The van der Waals surface area contributed by atoms with E-state index in [1.165, 1.54) is 11.8 Å². The number of allylic oxidation sites excluding steroid dienone is 2. The van der Waals surface area contributed by atoms with Crippen molar-refractivity contribution in [1.29, 1.82) is 0 Å². The van der Waals surface area contributed by atoms with Crippen LogP contribution < -0.4 is 5.32 Å². The van der Waals surface area contributed by atoms with Crippen LogP contribution >= 0.6 is 11.8 Å². The molecule has 3 atom stereocenters. The molecule has 5 heteroatoms. The van der Waals surface area contributed by atoms with Crippen molar-refractivity contribution in [3.8, 4) is 0 Å². The number of alkyl halides is 3. The number of hydrogen-bond acceptors (Lipinski definition) is 2. The minimum absolute atomic E-state index is 0.241. The van der Waals surface area contributed by atoms with E-state index in [2.05, 4.69) is 5.32 Å². The molecule has 3 aliphatic rings. The summed E-state index contributed by atoms with van der Waals surface area (Å²) >= 11 is 1.54. The molecule has 3 unspecified atom stereocenters. The van der Waals surface area contributed by atoms with Gasteiger partial charge in [-0.1, -0.05) is 19.4 Å². The van der Waals surface area contributed by atoms with E-state index in [0.29, 0.717) is 16.1 Å². The molecule has 1 aliphatic carbocycles. The highest BCUT2D eigenvalue weighted by molar-refractivity contribution is 8.04. The Balaban J connectivity index is 1.97. The van der Waals surface area contributed by atoms with Gasteiger partial charge in [-0.2, -0.15) is 13.2 Å². The third-order valence-corrected chi connectivity index (χ3v) is 6.38. The Labute approximate surface area is 116 Å². The topological polar surface area (TPSA) is 12.0 Å². The molecule has 0 aromatic heterocycles. The standard InChI is InChI=1S/C14H20F3NS/c1-13(2)7-9(14(15,16)17)12-11(13)8-3-5-18-6-4-10(8)19-12/h8-10,18H,3-7H2,1-2H3. The Morgan fingerprint density at radius 3 is 2.58 bits per heavy atom. The SMILES string of the molecule is CC1(C)CC(C(F)(F)F)C2=C1C1CCNCCC1S2. The van der Waals surface area contributed by atoms with Crippen LogP contribution in [-0.2, 0) is 0 Å². The van der Waals surface area contributed by atoms with E-state index in [-0.39, 0.29) is 11.8 Å². The summed E-state index contributed by atoms with van der Waals surface area (Å²) in [5.74, 6) is -0.847. The van der Waals surface area contributed by atoms with Gasteiger partial charge >= 0.3 is 6.18 Å². The fourth-order valence-electron chi connectivity index (χ4n) is 3.98. The fourth-order valence-corrected chi connectivity index (χ4v) is 5.91. The summed E-state index contributed by atoms with van der Waals surface area (Å²) in [6.07, 6.45) is -1.86. The van der Waals surface area contributed by atoms with Crippen molar-refractivity contribution in [1.82, 2.24) is 5.32 Å². The van der Waals surface area contributed by atoms with Crippen LogP contribution in [0.15, 0.2) is 10.5 Å². The largest absolute Gasteiger partial charge is 0.396 e. The third-order valence-electron chi connectivity index (χ3n) is 4.76. The van der Waals surface area contributed by atoms with Gasteiger partial charge in [-0.3, -0.25) is 0 Å². The molecular weight excluding hydrogens is 271 g/mol. The van der Waals surface area contributed by atoms with Gasteiger partial charge in [0.1, 0.15) is 0 Å². The van der Waals surface area contributed by atoms with Crippen molar-refractivity contribution in [3.05, 3.63) is 10.5 Å². The summed E-state index contributed by atoms with van der Waals surface area (Å²) in [5, 5.41) is 3.73. The Hall–Kier alpha value is -0.160. The molecule has 2 aliphatic heterocycles. The molecule has 2 heterocycles. The lowest BCUT2D eigenvalue weighted by atomic mass is 9.76. The van der Waals surface area contributed by atoms with E-state index < -0.39 is 12.1 Å². The first-order valence-corrected chi connectivity index (χ1v) is 7.87. The molecule has 0 bridgehead atoms. The zero-order chi connectivity index (χ0) is 13.8. The Kier molecular flexibility index (Phi) is 3.21. The molecule has 19 heavy (non-hydrogen) atoms. The van der Waals surface area contributed by atoms with Gasteiger partial charge in [0.2, 0.25) is 0 Å². The van der Waals surface area contributed by atoms with Crippen molar-refractivity contribution in [2.45, 2.75) is 44.5 Å². The van der Waals surface area contributed by atoms with Gasteiger partial charge in [0.05, 0.1) is 5.92 Å². The highest BCUT2D eigenvalue weighted by Gasteiger charge is 2.57. The second-order valence-electron chi connectivity index (χ2n) is 6.55. The highest BCUT2D eigenvalue weighted by atomic mass is 32.2. The van der Waals surface area contributed by atoms with Gasteiger partial charge in [-0.15, -0.1) is 11.8 Å². The summed E-state index contributed by atoms with van der Waals surface area (Å²) < 4.78 is 39.7. The molecule has 1 N–H and O–H groups in total. The molecule has 0 radical (unpaired) electrons. The predicted molar refractivity (Wildman–Crippen MR) is 71.9 cm³/mol. The molecule has 0 aromatic carbocycles. The van der Waals surface area contributed by atoms with Crippen LogP contribution in [0.4, 0.5) is 13.2 Å². The molecule has 1 fully saturated rings. The summed E-state index contributed by atoms with van der Waals surface area (Å²) in [6.45, 7) is 5.86. The van der Waals surface area contributed by atoms with Crippen molar-refractivity contribution in [2.24, 2.45) is 17.3 Å². The van der Waals surface area contributed by atoms with Crippen LogP contribution in [0.2, 0.25) is 0 Å². The van der Waals surface area contributed by atoms with Gasteiger partial charge in [0.25, 0.3) is 0 Å². The predicted octanol–water partition coefficient (Wildman–Crippen LogP) is 3.96. The molecule has 1 saturated heterocycles. The summed E-state index contributed by atoms with van der Waals surface area (Å²) in [7, 11) is 0. The number of thioether (sulfide) groups is 1. The molecular formula is C14H20F3NS. The number of hydrogen-bond donors (Lipinski definition) is 1. The van der Waals surface area contributed by atoms with E-state index >= 15 is 0 Å². The maximum atomic E-state index is 13.2. The quantitative estimate of drug-likeness (QED) is 0.725. The van der Waals surface area contributed by atoms with E-state index in [4.69, 9.17) is 0 Å². The van der Waals surface area contributed by atoms with Gasteiger partial charge in [-0.05, 0) is 48.6 Å². The van der Waals surface area contributed by atoms with E-state index in [1.54, 1.807) is 0 Å². The maximum Gasteiger partial charge on any atom is 0.396 e. The monoisotopic (exact) mass is 291 g/mol. The van der Waals surface area contributed by atoms with Gasteiger partial charge in [-0.25, -0.2) is 0 Å². The zero-order valence-electron chi connectivity index (χ0n) is 11.3. The smallest absolute Gasteiger partial charge is 0.317 e. The minimum Gasteiger partial charge on any atom is -0.317 e. The lowest BCUT2D eigenvalue weighted by molar-refractivity contribution is -0.164. The van der Waals surface area contributed by atoms with Gasteiger partial charge in [0.15, 0.2) is 0 Å². The lowest BCUT2D eigenvalue weighted by Crippen LogP contribution is -2.27. The third kappa shape index (κ3) is 2.23. The Bertz CT molecular complexity index is 413. The Morgan fingerprint density at radius 1 is 1.21 bits per heavy atom. The molecule has 3 rings (SSSR count). The van der Waals surface area contributed by atoms with Crippen LogP contribution in [0, 0.1) is 17.3 Å². The number of fused-ring (bicyclic) bond motifs is 2. The highest BCUT2D eigenvalue weighted by Crippen LogP contribution is 2.64. The summed E-state index contributed by atoms with van der Waals surface area (Å²) in [5.41, 5.74) is 0.847. The van der Waals surface area contributed by atoms with Crippen molar-refractivity contribution < 1.29 is 13.2 Å². The average molecular weight is 291 g/mol. The minimum atomic E-state index is -4.08. The van der Waals surface area contributed by atoms with Gasteiger partial charge < -0.3 is 5.32 Å². The van der Waals surface area contributed by atoms with Crippen LogP contribution in [0.3, 0.4) is 0 Å². The Morgan fingerprint density at radius 2 is 1.89 bits per heavy atom. The van der Waals surface area contributed by atoms with Crippen molar-refractivity contribution >= 4 is 11.8 Å². The van der Waals surface area contributed by atoms with Crippen LogP contribution in [0.25, 0.3) is 0 Å². The van der Waals surface area contributed by atoms with E-state index in [0.717, 1.165) is 31.5 Å². The normalized spacial score (nSPS) is 38.1. The second-order valence-corrected chi connectivity index (χ2v) is 7.83. The molecule has 1 nitrogen and oxygen atoms in total. The molecule has 0 saturated carbocycles. The summed E-state index contributed by atoms with van der Waals surface area (Å²) in [6, 6.07) is 0. The molecule has 108 valence electrons. The number of nitrogens with one attached hydrogen (secondary N) is 1. The fraction of sp³-hybridized carbons (Fsp3) is 0.857. The first kappa shape index (κ1) is 13.8. The van der Waals surface area contributed by atoms with Crippen LogP contribution in [0.1, 0.15) is 33.1 Å². The average Bonchev–Trinajstić information content (AvgIpc) is 2.66. The van der Waals surface area contributed by atoms with E-state index in [9.17, 15) is 13.2 Å². The van der Waals surface area contributed by atoms with Crippen molar-refractivity contribution in [2.75, 3.05) is 13.1 Å². The molecule has 0 aromatic rings. The number of rotatable bonds is 0. The van der Waals surface area contributed by atoms with Crippen molar-refractivity contribution in [3.63, 3.8) is 0 Å². The lowest BCUT2D eigenvalue weighted by Gasteiger charge is -2.31. The maximum absolute atomic E-state index is 13.2. The first-order chi connectivity index (χ1) is 8.81. The van der Waals surface area contributed by atoms with Crippen LogP contribution in [0.5, 0.6) is 0 Å². The molecule has 0 amide bonds. The van der Waals surface area contributed by atoms with E-state index in [1.807, 2.05) is 13.8 Å². The number of halogens is 3. The molecule has 0 spiro atoms. The zero-order valence-corrected chi connectivity index (χ0v) is 12.1. The second kappa shape index (κ2) is 4.42. The van der Waals surface area contributed by atoms with Gasteiger partial charge in [0, 0.05) is 5.25 Å². The first-order valence-electron chi connectivity index (χ1n) is 6.99.